The summed E-state index contributed by atoms with van der Waals surface area (Å²) in [6, 6.07) is 36.0. The summed E-state index contributed by atoms with van der Waals surface area (Å²) in [7, 11) is 0. The molecule has 5 aromatic carbocycles. The zero-order valence-electron chi connectivity index (χ0n) is 22.0. The van der Waals surface area contributed by atoms with Crippen molar-refractivity contribution in [3.05, 3.63) is 127 Å². The number of aromatic nitrogens is 1. The van der Waals surface area contributed by atoms with Gasteiger partial charge in [0.1, 0.15) is 22.4 Å². The van der Waals surface area contributed by atoms with Gasteiger partial charge < -0.3 is 19.1 Å². The molecule has 0 atom stereocenters. The SMILES string of the molecule is C1=Cc2c(oc3cccc(N(c4ccc5c(ccc6ccccc65)c4)c4ccnc5c4oc4ccccc45)c23)CN1. The largest absolute Gasteiger partial charge is 0.458 e. The van der Waals surface area contributed by atoms with Crippen LogP contribution in [0.25, 0.3) is 60.7 Å². The predicted octanol–water partition coefficient (Wildman–Crippen LogP) is 9.58. The third-order valence-corrected chi connectivity index (χ3v) is 8.14. The van der Waals surface area contributed by atoms with Gasteiger partial charge in [-0.1, -0.05) is 60.7 Å². The summed E-state index contributed by atoms with van der Waals surface area (Å²) in [5, 5.41) is 10.2. The average Bonchev–Trinajstić information content (AvgIpc) is 3.60. The molecule has 9 rings (SSSR count). The van der Waals surface area contributed by atoms with Crippen LogP contribution in [-0.4, -0.2) is 4.98 Å². The van der Waals surface area contributed by atoms with Crippen molar-refractivity contribution in [1.82, 2.24) is 10.3 Å². The van der Waals surface area contributed by atoms with Crippen LogP contribution in [0.2, 0.25) is 0 Å². The molecule has 0 spiro atoms. The second kappa shape index (κ2) is 8.47. The van der Waals surface area contributed by atoms with Crippen molar-refractivity contribution in [2.24, 2.45) is 0 Å². The monoisotopic (exact) mass is 529 g/mol. The Kier molecular flexibility index (Phi) is 4.61. The van der Waals surface area contributed by atoms with E-state index >= 15 is 0 Å². The lowest BCUT2D eigenvalue weighted by Gasteiger charge is -2.26. The first-order valence-corrected chi connectivity index (χ1v) is 13.8. The van der Waals surface area contributed by atoms with Crippen molar-refractivity contribution >= 4 is 77.7 Å². The number of fused-ring (bicyclic) bond motifs is 9. The molecule has 41 heavy (non-hydrogen) atoms. The van der Waals surface area contributed by atoms with E-state index in [0.29, 0.717) is 6.54 Å². The van der Waals surface area contributed by atoms with E-state index in [4.69, 9.17) is 13.8 Å². The van der Waals surface area contributed by atoms with Crippen LogP contribution in [0.5, 0.6) is 0 Å². The number of anilines is 3. The first-order chi connectivity index (χ1) is 20.3. The van der Waals surface area contributed by atoms with E-state index in [9.17, 15) is 0 Å². The molecular formula is C36H23N3O2. The number of nitrogens with zero attached hydrogens (tertiary/aromatic N) is 2. The normalized spacial score (nSPS) is 12.9. The van der Waals surface area contributed by atoms with E-state index in [1.165, 1.54) is 21.5 Å². The van der Waals surface area contributed by atoms with Gasteiger partial charge in [0.25, 0.3) is 0 Å². The first kappa shape index (κ1) is 22.3. The van der Waals surface area contributed by atoms with E-state index in [2.05, 4.69) is 89.1 Å². The molecule has 0 aliphatic carbocycles. The molecule has 0 fully saturated rings. The van der Waals surface area contributed by atoms with Crippen molar-refractivity contribution in [3.63, 3.8) is 0 Å². The fourth-order valence-electron chi connectivity index (χ4n) is 6.31. The number of benzene rings is 5. The van der Waals surface area contributed by atoms with Crippen molar-refractivity contribution < 1.29 is 8.83 Å². The Morgan fingerprint density at radius 3 is 2.49 bits per heavy atom. The van der Waals surface area contributed by atoms with Gasteiger partial charge in [0, 0.05) is 22.8 Å². The van der Waals surface area contributed by atoms with Crippen LogP contribution >= 0.6 is 0 Å². The molecule has 0 radical (unpaired) electrons. The lowest BCUT2D eigenvalue weighted by Crippen LogP contribution is -2.12. The molecule has 0 saturated heterocycles. The quantitative estimate of drug-likeness (QED) is 0.231. The molecule has 0 saturated carbocycles. The highest BCUT2D eigenvalue weighted by atomic mass is 16.3. The molecular weight excluding hydrogens is 506 g/mol. The van der Waals surface area contributed by atoms with Crippen LogP contribution < -0.4 is 10.2 Å². The molecule has 1 aliphatic rings. The van der Waals surface area contributed by atoms with E-state index < -0.39 is 0 Å². The van der Waals surface area contributed by atoms with Crippen LogP contribution in [0.1, 0.15) is 11.3 Å². The van der Waals surface area contributed by atoms with Gasteiger partial charge in [-0.25, -0.2) is 0 Å². The van der Waals surface area contributed by atoms with Crippen molar-refractivity contribution in [3.8, 4) is 0 Å². The second-order valence-electron chi connectivity index (χ2n) is 10.4. The molecule has 194 valence electrons. The van der Waals surface area contributed by atoms with E-state index in [1.807, 2.05) is 42.7 Å². The van der Waals surface area contributed by atoms with Gasteiger partial charge in [-0.05, 0) is 76.3 Å². The number of para-hydroxylation sites is 1. The summed E-state index contributed by atoms with van der Waals surface area (Å²) in [5.41, 5.74) is 7.34. The Labute approximate surface area is 234 Å². The molecule has 0 unspecified atom stereocenters. The summed E-state index contributed by atoms with van der Waals surface area (Å²) < 4.78 is 12.8. The third kappa shape index (κ3) is 3.26. The maximum Gasteiger partial charge on any atom is 0.177 e. The Morgan fingerprint density at radius 2 is 1.51 bits per heavy atom. The molecule has 1 aliphatic heterocycles. The van der Waals surface area contributed by atoms with Crippen LogP contribution in [-0.2, 0) is 6.54 Å². The summed E-state index contributed by atoms with van der Waals surface area (Å²) >= 11 is 0. The number of nitrogens with one attached hydrogen (secondary N) is 1. The van der Waals surface area contributed by atoms with E-state index in [-0.39, 0.29) is 0 Å². The first-order valence-electron chi connectivity index (χ1n) is 13.8. The predicted molar refractivity (Wildman–Crippen MR) is 167 cm³/mol. The number of furan rings is 2. The average molecular weight is 530 g/mol. The fourth-order valence-corrected chi connectivity index (χ4v) is 6.31. The third-order valence-electron chi connectivity index (χ3n) is 8.14. The van der Waals surface area contributed by atoms with Gasteiger partial charge in [-0.3, -0.25) is 4.98 Å². The van der Waals surface area contributed by atoms with Crippen molar-refractivity contribution in [2.45, 2.75) is 6.54 Å². The van der Waals surface area contributed by atoms with Crippen LogP contribution in [0, 0.1) is 0 Å². The van der Waals surface area contributed by atoms with Crippen molar-refractivity contribution in [1.29, 1.82) is 0 Å². The van der Waals surface area contributed by atoms with Gasteiger partial charge in [0.15, 0.2) is 5.58 Å². The van der Waals surface area contributed by atoms with Gasteiger partial charge in [0.05, 0.1) is 23.3 Å². The second-order valence-corrected chi connectivity index (χ2v) is 10.4. The zero-order chi connectivity index (χ0) is 26.9. The maximum atomic E-state index is 6.51. The summed E-state index contributed by atoms with van der Waals surface area (Å²) in [5.74, 6) is 0.934. The molecule has 0 bridgehead atoms. The van der Waals surface area contributed by atoms with Gasteiger partial charge in [-0.2, -0.15) is 0 Å². The standard InChI is InChI=1S/C36H23N3O2/c1-2-7-25-22(6-1)12-13-23-20-24(14-15-26(23)25)39(29-9-5-11-32-34(29)27-16-18-37-21-33(27)40-32)30-17-19-38-35-28-8-3-4-10-31(28)41-36(30)35/h1-20,37H,21H2. The summed E-state index contributed by atoms with van der Waals surface area (Å²) in [4.78, 5) is 7.03. The molecule has 5 heteroatoms. The van der Waals surface area contributed by atoms with Gasteiger partial charge in [-0.15, -0.1) is 0 Å². The van der Waals surface area contributed by atoms with E-state index in [1.54, 1.807) is 0 Å². The summed E-state index contributed by atoms with van der Waals surface area (Å²) in [6.45, 7) is 0.659. The lowest BCUT2D eigenvalue weighted by atomic mass is 10.0. The molecule has 3 aromatic heterocycles. The minimum atomic E-state index is 0.659. The minimum Gasteiger partial charge on any atom is -0.458 e. The Hall–Kier alpha value is -5.55. The van der Waals surface area contributed by atoms with Crippen LogP contribution in [0.15, 0.2) is 124 Å². The molecule has 4 heterocycles. The van der Waals surface area contributed by atoms with Gasteiger partial charge in [0.2, 0.25) is 0 Å². The fraction of sp³-hybridized carbons (Fsp3) is 0.0278. The number of hydrogen-bond acceptors (Lipinski definition) is 5. The minimum absolute atomic E-state index is 0.659. The van der Waals surface area contributed by atoms with Crippen LogP contribution in [0.3, 0.4) is 0 Å². The van der Waals surface area contributed by atoms with Gasteiger partial charge >= 0.3 is 0 Å². The van der Waals surface area contributed by atoms with Crippen molar-refractivity contribution in [2.75, 3.05) is 4.90 Å². The maximum absolute atomic E-state index is 6.51. The van der Waals surface area contributed by atoms with E-state index in [0.717, 1.165) is 61.4 Å². The Morgan fingerprint density at radius 1 is 0.683 bits per heavy atom. The highest BCUT2D eigenvalue weighted by molar-refractivity contribution is 6.12. The number of pyridine rings is 1. The molecule has 5 nitrogen and oxygen atoms in total. The Balaban J connectivity index is 1.37. The molecule has 8 aromatic rings. The molecule has 1 N–H and O–H groups in total. The topological polar surface area (TPSA) is 54.4 Å². The summed E-state index contributed by atoms with van der Waals surface area (Å²) in [6.07, 6.45) is 5.96. The molecule has 0 amide bonds. The Bertz CT molecular complexity index is 2340. The number of hydrogen-bond donors (Lipinski definition) is 1. The smallest absolute Gasteiger partial charge is 0.177 e. The lowest BCUT2D eigenvalue weighted by molar-refractivity contribution is 0.532. The highest BCUT2D eigenvalue weighted by Gasteiger charge is 2.25. The van der Waals surface area contributed by atoms with Crippen LogP contribution in [0.4, 0.5) is 17.1 Å². The highest BCUT2D eigenvalue weighted by Crippen LogP contribution is 2.46. The number of rotatable bonds is 3. The zero-order valence-corrected chi connectivity index (χ0v) is 22.0.